The van der Waals surface area contributed by atoms with Crippen LogP contribution >= 0.6 is 11.6 Å². The number of aliphatic imine (C=N–C) groups is 1. The fourth-order valence-electron chi connectivity index (χ4n) is 5.17. The number of likely N-dealkylation sites (tertiary alicyclic amines) is 1. The van der Waals surface area contributed by atoms with Crippen molar-refractivity contribution in [2.24, 2.45) is 10.1 Å². The van der Waals surface area contributed by atoms with Crippen molar-refractivity contribution in [1.82, 2.24) is 4.90 Å². The van der Waals surface area contributed by atoms with E-state index in [4.69, 9.17) is 21.5 Å². The number of likely N-dealkylation sites (N-methyl/N-ethyl adjacent to an activating group) is 1. The third-order valence-electron chi connectivity index (χ3n) is 7.17. The molecular formula is C25H29ClFN4O3S+. The average Bonchev–Trinajstić information content (AvgIpc) is 3.29. The van der Waals surface area contributed by atoms with Crippen LogP contribution < -0.4 is 9.88 Å². The van der Waals surface area contributed by atoms with Crippen LogP contribution in [0.5, 0.6) is 5.75 Å². The molecule has 1 aliphatic carbocycles. The van der Waals surface area contributed by atoms with Gasteiger partial charge in [-0.3, -0.25) is 9.38 Å². The van der Waals surface area contributed by atoms with Crippen LogP contribution in [-0.4, -0.2) is 63.5 Å². The van der Waals surface area contributed by atoms with Gasteiger partial charge < -0.3 is 4.74 Å². The standard InChI is InChI=1S/C25H29ClFN4O3S/c1-31(15-25(29-16-31)35(28,32)33)8-9-34-24-14-20-18(12-22(24)27)13-23(30-6-3-7-30)21(20)11-17-4-2-5-19(26)10-17/h2,4-5,10,12,14-16,21,23H,3,6-9,11,13H2,1H3,(H2,28,32,33)/q+1. The molecule has 3 unspecified atom stereocenters. The molecule has 0 saturated carbocycles. The number of primary sulfonamides is 1. The number of sulfonamides is 1. The zero-order chi connectivity index (χ0) is 24.8. The smallest absolute Gasteiger partial charge is 0.261 e. The molecular weight excluding hydrogens is 491 g/mol. The van der Waals surface area contributed by atoms with Crippen LogP contribution in [0, 0.1) is 5.82 Å². The first kappa shape index (κ1) is 24.4. The fraction of sp³-hybridized carbons (Fsp3) is 0.400. The Morgan fingerprint density at radius 2 is 2.09 bits per heavy atom. The third kappa shape index (κ3) is 5.15. The van der Waals surface area contributed by atoms with Crippen LogP contribution in [0.25, 0.3) is 0 Å². The Balaban J connectivity index is 1.34. The van der Waals surface area contributed by atoms with E-state index in [2.05, 4.69) is 16.0 Å². The summed E-state index contributed by atoms with van der Waals surface area (Å²) in [6, 6.07) is 11.7. The minimum absolute atomic E-state index is 0.104. The highest BCUT2D eigenvalue weighted by atomic mass is 35.5. The summed E-state index contributed by atoms with van der Waals surface area (Å²) in [5.74, 6) is 0.0535. The predicted octanol–water partition coefficient (Wildman–Crippen LogP) is 3.39. The monoisotopic (exact) mass is 519 g/mol. The van der Waals surface area contributed by atoms with Gasteiger partial charge in [-0.2, -0.15) is 4.99 Å². The summed E-state index contributed by atoms with van der Waals surface area (Å²) in [4.78, 5) is 6.38. The number of benzene rings is 2. The van der Waals surface area contributed by atoms with Gasteiger partial charge in [0.2, 0.25) is 5.03 Å². The zero-order valence-electron chi connectivity index (χ0n) is 19.5. The van der Waals surface area contributed by atoms with E-state index < -0.39 is 10.0 Å². The molecule has 1 fully saturated rings. The van der Waals surface area contributed by atoms with Crippen molar-refractivity contribution in [3.63, 3.8) is 0 Å². The number of nitrogens with zero attached hydrogens (tertiary/aromatic N) is 3. The van der Waals surface area contributed by atoms with Gasteiger partial charge in [0.1, 0.15) is 19.4 Å². The number of hydrogen-bond donors (Lipinski definition) is 1. The number of ether oxygens (including phenoxy) is 1. The van der Waals surface area contributed by atoms with Gasteiger partial charge in [0.25, 0.3) is 10.0 Å². The van der Waals surface area contributed by atoms with Crippen molar-refractivity contribution in [3.05, 3.63) is 75.2 Å². The second kappa shape index (κ2) is 9.29. The van der Waals surface area contributed by atoms with Gasteiger partial charge in [0, 0.05) is 17.0 Å². The topological polar surface area (TPSA) is 85.0 Å². The molecule has 7 nitrogen and oxygen atoms in total. The quantitative estimate of drug-likeness (QED) is 0.542. The largest absolute Gasteiger partial charge is 0.485 e. The number of nitrogens with two attached hydrogens (primary N) is 1. The maximum atomic E-state index is 15.0. The number of quaternary nitrogens is 1. The van der Waals surface area contributed by atoms with Crippen molar-refractivity contribution in [3.8, 4) is 5.75 Å². The molecule has 5 rings (SSSR count). The molecule has 3 aliphatic rings. The highest BCUT2D eigenvalue weighted by Crippen LogP contribution is 2.42. The van der Waals surface area contributed by atoms with Gasteiger partial charge >= 0.3 is 0 Å². The van der Waals surface area contributed by atoms with Gasteiger partial charge in [0.05, 0.1) is 7.05 Å². The van der Waals surface area contributed by atoms with E-state index in [0.29, 0.717) is 17.6 Å². The Labute approximate surface area is 210 Å². The Hall–Kier alpha value is -2.30. The van der Waals surface area contributed by atoms with Gasteiger partial charge in [-0.25, -0.2) is 17.9 Å². The van der Waals surface area contributed by atoms with E-state index in [1.807, 2.05) is 24.3 Å². The summed E-state index contributed by atoms with van der Waals surface area (Å²) >= 11 is 6.24. The third-order valence-corrected chi connectivity index (χ3v) is 8.20. The van der Waals surface area contributed by atoms with Gasteiger partial charge in [-0.1, -0.05) is 23.7 Å². The van der Waals surface area contributed by atoms with Crippen molar-refractivity contribution in [2.45, 2.75) is 31.2 Å². The van der Waals surface area contributed by atoms with E-state index in [-0.39, 0.29) is 33.6 Å². The van der Waals surface area contributed by atoms with E-state index in [1.165, 1.54) is 19.0 Å². The molecule has 186 valence electrons. The number of hydrogen-bond acceptors (Lipinski definition) is 5. The lowest BCUT2D eigenvalue weighted by Crippen LogP contribution is -2.47. The summed E-state index contributed by atoms with van der Waals surface area (Å²) in [6.07, 6.45) is 5.79. The minimum atomic E-state index is -3.87. The maximum absolute atomic E-state index is 15.0. The first-order valence-electron chi connectivity index (χ1n) is 11.7. The zero-order valence-corrected chi connectivity index (χ0v) is 21.1. The molecule has 0 spiro atoms. The fourth-order valence-corrected chi connectivity index (χ4v) is 5.96. The molecule has 2 N–H and O–H groups in total. The van der Waals surface area contributed by atoms with Gasteiger partial charge in [-0.05, 0) is 73.3 Å². The number of rotatable bonds is 8. The van der Waals surface area contributed by atoms with E-state index in [1.54, 1.807) is 13.1 Å². The molecule has 35 heavy (non-hydrogen) atoms. The molecule has 1 saturated heterocycles. The molecule has 10 heteroatoms. The second-order valence-electron chi connectivity index (χ2n) is 9.76. The predicted molar refractivity (Wildman–Crippen MR) is 134 cm³/mol. The molecule has 2 aromatic carbocycles. The van der Waals surface area contributed by atoms with Crippen molar-refractivity contribution in [1.29, 1.82) is 0 Å². The lowest BCUT2D eigenvalue weighted by atomic mass is 9.89. The number of halogens is 2. The Kier molecular flexibility index (Phi) is 6.48. The molecule has 0 bridgehead atoms. The van der Waals surface area contributed by atoms with Gasteiger partial charge in [0.15, 0.2) is 17.9 Å². The first-order valence-corrected chi connectivity index (χ1v) is 13.6. The molecule has 2 aromatic rings. The van der Waals surface area contributed by atoms with Crippen LogP contribution in [0.3, 0.4) is 0 Å². The van der Waals surface area contributed by atoms with E-state index in [9.17, 15) is 12.8 Å². The lowest BCUT2D eigenvalue weighted by Gasteiger charge is -2.39. The normalized spacial score (nSPS) is 25.9. The summed E-state index contributed by atoms with van der Waals surface area (Å²) in [7, 11) is -2.09. The van der Waals surface area contributed by atoms with Crippen LogP contribution in [0.1, 0.15) is 29.0 Å². The molecule has 0 aromatic heterocycles. The van der Waals surface area contributed by atoms with Crippen molar-refractivity contribution >= 4 is 28.0 Å². The Bertz CT molecular complexity index is 1310. The van der Waals surface area contributed by atoms with Crippen LogP contribution in [0.15, 0.2) is 52.6 Å². The van der Waals surface area contributed by atoms with Crippen molar-refractivity contribution in [2.75, 3.05) is 33.3 Å². The van der Waals surface area contributed by atoms with Crippen LogP contribution in [-0.2, 0) is 22.9 Å². The average molecular weight is 520 g/mol. The number of fused-ring (bicyclic) bond motifs is 1. The maximum Gasteiger partial charge on any atom is 0.261 e. The lowest BCUT2D eigenvalue weighted by molar-refractivity contribution is -0.756. The molecule has 2 aliphatic heterocycles. The first-order chi connectivity index (χ1) is 16.6. The van der Waals surface area contributed by atoms with Gasteiger partial charge in [-0.15, -0.1) is 0 Å². The minimum Gasteiger partial charge on any atom is -0.485 e. The Morgan fingerprint density at radius 1 is 1.29 bits per heavy atom. The highest BCUT2D eigenvalue weighted by Gasteiger charge is 2.39. The molecule has 0 amide bonds. The van der Waals surface area contributed by atoms with E-state index >= 15 is 0 Å². The van der Waals surface area contributed by atoms with Crippen molar-refractivity contribution < 1.29 is 22.0 Å². The summed E-state index contributed by atoms with van der Waals surface area (Å²) in [5.41, 5.74) is 3.32. The second-order valence-corrected chi connectivity index (χ2v) is 11.7. The van der Waals surface area contributed by atoms with E-state index in [0.717, 1.165) is 42.6 Å². The van der Waals surface area contributed by atoms with Crippen LogP contribution in [0.4, 0.5) is 4.39 Å². The van der Waals surface area contributed by atoms with Crippen LogP contribution in [0.2, 0.25) is 5.02 Å². The molecule has 0 radical (unpaired) electrons. The summed E-state index contributed by atoms with van der Waals surface area (Å²) in [5, 5.41) is 5.70. The molecule has 2 heterocycles. The Morgan fingerprint density at radius 3 is 2.74 bits per heavy atom. The summed E-state index contributed by atoms with van der Waals surface area (Å²) < 4.78 is 44.1. The SMILES string of the molecule is C[N+]1(CCOc2cc3c(cc2F)CC(N2CCC2)C3Cc2cccc(Cl)c2)C=NC(S(N)(=O)=O)=C1. The summed E-state index contributed by atoms with van der Waals surface area (Å²) in [6.45, 7) is 2.70. The molecule has 3 atom stereocenters. The highest BCUT2D eigenvalue weighted by molar-refractivity contribution is 7.93.